The molecular weight excluding hydrogens is 194 g/mol. The number of rotatable bonds is 1. The molecule has 12 heavy (non-hydrogen) atoms. The Morgan fingerprint density at radius 1 is 1.17 bits per heavy atom. The van der Waals surface area contributed by atoms with E-state index in [0.29, 0.717) is 5.15 Å². The highest BCUT2D eigenvalue weighted by Crippen LogP contribution is 2.24. The van der Waals surface area contributed by atoms with Crippen molar-refractivity contribution in [1.29, 1.82) is 0 Å². The van der Waals surface area contributed by atoms with Crippen molar-refractivity contribution in [1.82, 2.24) is 13.7 Å². The fraction of sp³-hybridized carbons (Fsp3) is 0. The van der Waals surface area contributed by atoms with Gasteiger partial charge in [-0.1, -0.05) is 11.6 Å². The van der Waals surface area contributed by atoms with Crippen LogP contribution in [0.2, 0.25) is 5.15 Å². The van der Waals surface area contributed by atoms with Crippen LogP contribution in [-0.2, 0) is 0 Å². The van der Waals surface area contributed by atoms with Gasteiger partial charge in [-0.25, -0.2) is 0 Å². The maximum Gasteiger partial charge on any atom is 0.170 e. The Morgan fingerprint density at radius 2 is 1.92 bits per heavy atom. The zero-order valence-electron chi connectivity index (χ0n) is 5.94. The molecule has 0 fully saturated rings. The van der Waals surface area contributed by atoms with Crippen molar-refractivity contribution in [2.45, 2.75) is 0 Å². The first kappa shape index (κ1) is 7.64. The zero-order chi connectivity index (χ0) is 8.39. The summed E-state index contributed by atoms with van der Waals surface area (Å²) in [5, 5.41) is 0.450. The highest BCUT2D eigenvalue weighted by atomic mass is 35.5. The molecule has 0 saturated heterocycles. The van der Waals surface area contributed by atoms with E-state index in [1.807, 2.05) is 12.1 Å². The first-order valence-corrected chi connectivity index (χ1v) is 4.37. The monoisotopic (exact) mass is 197 g/mol. The minimum absolute atomic E-state index is 0.450. The van der Waals surface area contributed by atoms with E-state index in [9.17, 15) is 0 Å². The van der Waals surface area contributed by atoms with Crippen molar-refractivity contribution < 1.29 is 0 Å². The third-order valence-electron chi connectivity index (χ3n) is 1.40. The molecule has 0 atom stereocenters. The van der Waals surface area contributed by atoms with Crippen molar-refractivity contribution >= 4 is 23.3 Å². The predicted octanol–water partition coefficient (Wildman–Crippen LogP) is 2.25. The first-order valence-electron chi connectivity index (χ1n) is 3.26. The van der Waals surface area contributed by atoms with Crippen LogP contribution in [0.3, 0.4) is 0 Å². The highest BCUT2D eigenvalue weighted by molar-refractivity contribution is 6.99. The molecule has 0 spiro atoms. The molecule has 0 N–H and O–H groups in total. The van der Waals surface area contributed by atoms with Gasteiger partial charge in [0, 0.05) is 18.0 Å². The van der Waals surface area contributed by atoms with Gasteiger partial charge >= 0.3 is 0 Å². The highest BCUT2D eigenvalue weighted by Gasteiger charge is 2.06. The van der Waals surface area contributed by atoms with Crippen molar-refractivity contribution in [3.63, 3.8) is 0 Å². The third kappa shape index (κ3) is 1.31. The first-order chi connectivity index (χ1) is 5.88. The Labute approximate surface area is 78.4 Å². The Bertz CT molecular complexity index is 373. The molecule has 0 unspecified atom stereocenters. The lowest BCUT2D eigenvalue weighted by Gasteiger charge is -1.92. The third-order valence-corrected chi connectivity index (χ3v) is 2.29. The van der Waals surface area contributed by atoms with Gasteiger partial charge < -0.3 is 0 Å². The summed E-state index contributed by atoms with van der Waals surface area (Å²) in [4.78, 5) is 3.90. The number of hydrogen-bond donors (Lipinski definition) is 0. The molecule has 60 valence electrons. The Balaban J connectivity index is 2.51. The molecular formula is C7H4ClN3S. The average Bonchev–Trinajstić information content (AvgIpc) is 2.53. The van der Waals surface area contributed by atoms with Crippen molar-refractivity contribution in [2.24, 2.45) is 0 Å². The molecule has 0 aliphatic heterocycles. The van der Waals surface area contributed by atoms with E-state index in [-0.39, 0.29) is 0 Å². The lowest BCUT2D eigenvalue weighted by Crippen LogP contribution is -1.77. The van der Waals surface area contributed by atoms with Crippen LogP contribution < -0.4 is 0 Å². The van der Waals surface area contributed by atoms with Crippen molar-refractivity contribution in [3.8, 4) is 11.3 Å². The lowest BCUT2D eigenvalue weighted by molar-refractivity contribution is 1.32. The van der Waals surface area contributed by atoms with Crippen molar-refractivity contribution in [2.75, 3.05) is 0 Å². The van der Waals surface area contributed by atoms with Crippen LogP contribution in [-0.4, -0.2) is 13.7 Å². The number of aromatic nitrogens is 3. The number of halogens is 1. The SMILES string of the molecule is Clc1nsnc1-c1ccncc1. The molecule has 5 heteroatoms. The maximum atomic E-state index is 5.79. The van der Waals surface area contributed by atoms with E-state index in [2.05, 4.69) is 13.7 Å². The normalized spacial score (nSPS) is 10.1. The summed E-state index contributed by atoms with van der Waals surface area (Å²) in [5.41, 5.74) is 1.67. The molecule has 0 saturated carbocycles. The fourth-order valence-electron chi connectivity index (χ4n) is 0.860. The zero-order valence-corrected chi connectivity index (χ0v) is 7.51. The quantitative estimate of drug-likeness (QED) is 0.704. The molecule has 0 amide bonds. The second kappa shape index (κ2) is 3.16. The smallest absolute Gasteiger partial charge is 0.170 e. The van der Waals surface area contributed by atoms with Gasteiger partial charge in [0.2, 0.25) is 0 Å². The van der Waals surface area contributed by atoms with Crippen LogP contribution in [0.15, 0.2) is 24.5 Å². The lowest BCUT2D eigenvalue weighted by atomic mass is 10.2. The van der Waals surface area contributed by atoms with Crippen LogP contribution in [0.4, 0.5) is 0 Å². The van der Waals surface area contributed by atoms with Crippen LogP contribution in [0.1, 0.15) is 0 Å². The minimum atomic E-state index is 0.450. The van der Waals surface area contributed by atoms with E-state index >= 15 is 0 Å². The largest absolute Gasteiger partial charge is 0.265 e. The standard InChI is InChI=1S/C7H4ClN3S/c8-7-6(10-12-11-7)5-1-3-9-4-2-5/h1-4H. The minimum Gasteiger partial charge on any atom is -0.265 e. The molecule has 2 aromatic heterocycles. The molecule has 2 aromatic rings. The second-order valence-electron chi connectivity index (χ2n) is 2.14. The second-order valence-corrected chi connectivity index (χ2v) is 3.03. The number of nitrogens with zero attached hydrogens (tertiary/aromatic N) is 3. The summed E-state index contributed by atoms with van der Waals surface area (Å²) in [6.07, 6.45) is 3.40. The van der Waals surface area contributed by atoms with E-state index in [1.165, 1.54) is 0 Å². The van der Waals surface area contributed by atoms with Gasteiger partial charge in [0.1, 0.15) is 5.69 Å². The Hall–Kier alpha value is -1.00. The predicted molar refractivity (Wildman–Crippen MR) is 48.2 cm³/mol. The van der Waals surface area contributed by atoms with E-state index in [0.717, 1.165) is 23.0 Å². The van der Waals surface area contributed by atoms with Crippen LogP contribution in [0.5, 0.6) is 0 Å². The van der Waals surface area contributed by atoms with Gasteiger partial charge in [0.25, 0.3) is 0 Å². The van der Waals surface area contributed by atoms with Gasteiger partial charge in [-0.05, 0) is 12.1 Å². The summed E-state index contributed by atoms with van der Waals surface area (Å²) in [7, 11) is 0. The molecule has 3 nitrogen and oxygen atoms in total. The van der Waals surface area contributed by atoms with Gasteiger partial charge in [-0.2, -0.15) is 8.75 Å². The molecule has 0 bridgehead atoms. The molecule has 2 rings (SSSR count). The van der Waals surface area contributed by atoms with Gasteiger partial charge in [0.15, 0.2) is 5.15 Å². The Kier molecular flexibility index (Phi) is 2.01. The van der Waals surface area contributed by atoms with Gasteiger partial charge in [-0.15, -0.1) is 0 Å². The van der Waals surface area contributed by atoms with Gasteiger partial charge in [0.05, 0.1) is 11.7 Å². The molecule has 0 aliphatic rings. The van der Waals surface area contributed by atoms with Gasteiger partial charge in [-0.3, -0.25) is 4.98 Å². The van der Waals surface area contributed by atoms with Crippen LogP contribution in [0, 0.1) is 0 Å². The van der Waals surface area contributed by atoms with E-state index in [4.69, 9.17) is 11.6 Å². The molecule has 2 heterocycles. The van der Waals surface area contributed by atoms with E-state index < -0.39 is 0 Å². The Morgan fingerprint density at radius 3 is 2.50 bits per heavy atom. The number of hydrogen-bond acceptors (Lipinski definition) is 4. The maximum absolute atomic E-state index is 5.79. The van der Waals surface area contributed by atoms with E-state index in [1.54, 1.807) is 12.4 Å². The fourth-order valence-corrected chi connectivity index (χ4v) is 1.63. The van der Waals surface area contributed by atoms with Crippen molar-refractivity contribution in [3.05, 3.63) is 29.7 Å². The number of pyridine rings is 1. The topological polar surface area (TPSA) is 38.7 Å². The summed E-state index contributed by atoms with van der Waals surface area (Å²) < 4.78 is 7.93. The molecule has 0 aromatic carbocycles. The summed E-state index contributed by atoms with van der Waals surface area (Å²) >= 11 is 6.90. The van der Waals surface area contributed by atoms with Crippen LogP contribution in [0.25, 0.3) is 11.3 Å². The summed E-state index contributed by atoms with van der Waals surface area (Å²) in [6.45, 7) is 0. The van der Waals surface area contributed by atoms with Crippen LogP contribution >= 0.6 is 23.3 Å². The molecule has 0 aliphatic carbocycles. The average molecular weight is 198 g/mol. The molecule has 0 radical (unpaired) electrons. The summed E-state index contributed by atoms with van der Waals surface area (Å²) in [5.74, 6) is 0. The summed E-state index contributed by atoms with van der Waals surface area (Å²) in [6, 6.07) is 3.70.